The van der Waals surface area contributed by atoms with Crippen LogP contribution in [0.4, 0.5) is 0 Å². The number of nitrogens with zero attached hydrogens (tertiary/aromatic N) is 6. The van der Waals surface area contributed by atoms with Gasteiger partial charge in [0, 0.05) is 30.6 Å². The van der Waals surface area contributed by atoms with Gasteiger partial charge in [-0.05, 0) is 33.6 Å². The van der Waals surface area contributed by atoms with E-state index < -0.39 is 0 Å². The van der Waals surface area contributed by atoms with Crippen molar-refractivity contribution in [2.75, 3.05) is 13.1 Å². The third-order valence-electron chi connectivity index (χ3n) is 4.94. The molecule has 1 aliphatic rings. The fourth-order valence-corrected chi connectivity index (χ4v) is 4.55. The highest BCUT2D eigenvalue weighted by molar-refractivity contribution is 7.15. The van der Waals surface area contributed by atoms with Crippen LogP contribution in [0.1, 0.15) is 41.9 Å². The number of aromatic nitrogens is 5. The molecule has 1 saturated heterocycles. The first-order valence-corrected chi connectivity index (χ1v) is 9.49. The van der Waals surface area contributed by atoms with E-state index in [2.05, 4.69) is 26.1 Å². The maximum Gasteiger partial charge on any atom is 0.244 e. The molecule has 0 aromatic carbocycles. The largest absolute Gasteiger partial charge is 0.341 e. The number of hydrogen-bond acceptors (Lipinski definition) is 5. The number of likely N-dealkylation sites (tertiary alicyclic amines) is 1. The summed E-state index contributed by atoms with van der Waals surface area (Å²) in [5.41, 5.74) is 1.20. The molecule has 3 aromatic heterocycles. The average Bonchev–Trinajstić information content (AvgIpc) is 3.26. The molecule has 8 heteroatoms. The molecule has 7 nitrogen and oxygen atoms in total. The molecule has 0 N–H and O–H groups in total. The van der Waals surface area contributed by atoms with Crippen molar-refractivity contribution in [1.29, 1.82) is 0 Å². The fraction of sp³-hybridized carbons (Fsp3) is 0.529. The first kappa shape index (κ1) is 16.3. The smallest absolute Gasteiger partial charge is 0.244 e. The number of piperidine rings is 1. The second-order valence-electron chi connectivity index (χ2n) is 6.64. The van der Waals surface area contributed by atoms with Gasteiger partial charge in [0.1, 0.15) is 28.8 Å². The second-order valence-corrected chi connectivity index (χ2v) is 7.54. The number of hydrogen-bond donors (Lipinski definition) is 0. The minimum atomic E-state index is 0.119. The normalized spacial score (nSPS) is 16.0. The van der Waals surface area contributed by atoms with Gasteiger partial charge in [0.25, 0.3) is 0 Å². The molecule has 0 saturated carbocycles. The Balaban J connectivity index is 1.42. The summed E-state index contributed by atoms with van der Waals surface area (Å²) in [4.78, 5) is 24.8. The van der Waals surface area contributed by atoms with E-state index in [-0.39, 0.29) is 12.5 Å². The van der Waals surface area contributed by atoms with Crippen LogP contribution < -0.4 is 0 Å². The third-order valence-corrected chi connectivity index (χ3v) is 5.83. The van der Waals surface area contributed by atoms with Crippen molar-refractivity contribution in [2.24, 2.45) is 0 Å². The summed E-state index contributed by atoms with van der Waals surface area (Å²) < 4.78 is 3.85. The van der Waals surface area contributed by atoms with E-state index in [1.54, 1.807) is 16.0 Å². The molecule has 4 heterocycles. The predicted molar refractivity (Wildman–Crippen MR) is 95.9 cm³/mol. The minimum absolute atomic E-state index is 0.119. The molecule has 1 amide bonds. The molecule has 0 bridgehead atoms. The summed E-state index contributed by atoms with van der Waals surface area (Å²) in [6.45, 7) is 7.60. The zero-order chi connectivity index (χ0) is 17.6. The lowest BCUT2D eigenvalue weighted by atomic mass is 9.94. The number of aryl methyl sites for hydroxylation is 3. The molecule has 132 valence electrons. The molecule has 3 aromatic rings. The van der Waals surface area contributed by atoms with Crippen LogP contribution in [0.2, 0.25) is 0 Å². The van der Waals surface area contributed by atoms with Crippen molar-refractivity contribution in [2.45, 2.75) is 46.1 Å². The summed E-state index contributed by atoms with van der Waals surface area (Å²) in [6, 6.07) is 0. The van der Waals surface area contributed by atoms with Crippen LogP contribution in [-0.2, 0) is 11.3 Å². The lowest BCUT2D eigenvalue weighted by Gasteiger charge is -2.31. The van der Waals surface area contributed by atoms with Gasteiger partial charge in [-0.2, -0.15) is 5.10 Å². The number of amides is 1. The van der Waals surface area contributed by atoms with Crippen LogP contribution in [0.25, 0.3) is 4.83 Å². The fourth-order valence-electron chi connectivity index (χ4n) is 3.60. The second kappa shape index (κ2) is 6.25. The summed E-state index contributed by atoms with van der Waals surface area (Å²) in [5, 5.41) is 6.39. The molecule has 4 rings (SSSR count). The maximum atomic E-state index is 12.6. The van der Waals surface area contributed by atoms with Crippen molar-refractivity contribution >= 4 is 22.1 Å². The van der Waals surface area contributed by atoms with Gasteiger partial charge < -0.3 is 4.90 Å². The predicted octanol–water partition coefficient (Wildman–Crippen LogP) is 2.32. The van der Waals surface area contributed by atoms with Gasteiger partial charge in [-0.3, -0.25) is 9.20 Å². The van der Waals surface area contributed by atoms with Crippen molar-refractivity contribution in [1.82, 2.24) is 29.0 Å². The molecule has 0 unspecified atom stereocenters. The zero-order valence-corrected chi connectivity index (χ0v) is 15.6. The lowest BCUT2D eigenvalue weighted by molar-refractivity contribution is -0.133. The van der Waals surface area contributed by atoms with E-state index >= 15 is 0 Å². The number of imidazole rings is 1. The topological polar surface area (TPSA) is 68.3 Å². The van der Waals surface area contributed by atoms with Gasteiger partial charge in [0.2, 0.25) is 5.91 Å². The molecule has 0 spiro atoms. The molecular formula is C17H22N6OS. The summed E-state index contributed by atoms with van der Waals surface area (Å²) in [6.07, 6.45) is 4.00. The highest BCUT2D eigenvalue weighted by Gasteiger charge is 2.27. The molecule has 0 atom stereocenters. The highest BCUT2D eigenvalue weighted by Crippen LogP contribution is 2.32. The Morgan fingerprint density at radius 1 is 1.20 bits per heavy atom. The van der Waals surface area contributed by atoms with Crippen LogP contribution in [0.5, 0.6) is 0 Å². The van der Waals surface area contributed by atoms with E-state index in [0.29, 0.717) is 11.7 Å². The Labute approximate surface area is 150 Å². The van der Waals surface area contributed by atoms with E-state index in [0.717, 1.165) is 37.6 Å². The lowest BCUT2D eigenvalue weighted by Crippen LogP contribution is -2.40. The van der Waals surface area contributed by atoms with E-state index in [9.17, 15) is 4.79 Å². The van der Waals surface area contributed by atoms with Crippen LogP contribution in [0.15, 0.2) is 11.6 Å². The summed E-state index contributed by atoms with van der Waals surface area (Å²) >= 11 is 1.74. The average molecular weight is 358 g/mol. The van der Waals surface area contributed by atoms with E-state index in [1.165, 1.54) is 10.5 Å². The molecule has 1 fully saturated rings. The van der Waals surface area contributed by atoms with Gasteiger partial charge >= 0.3 is 0 Å². The number of carbonyl (C=O) groups excluding carboxylic acids is 1. The quantitative estimate of drug-likeness (QED) is 0.720. The Hall–Kier alpha value is -2.22. The SMILES string of the molecule is Cc1nc(C)n(CC(=O)N2CCC(c3nc(C)n4ccsc34)CC2)n1. The number of thiazole rings is 1. The van der Waals surface area contributed by atoms with Gasteiger partial charge in [-0.25, -0.2) is 14.6 Å². The van der Waals surface area contributed by atoms with Gasteiger partial charge in [0.15, 0.2) is 0 Å². The highest BCUT2D eigenvalue weighted by atomic mass is 32.1. The molecule has 1 aliphatic heterocycles. The Bertz CT molecular complexity index is 915. The number of fused-ring (bicyclic) bond motifs is 1. The molecule has 25 heavy (non-hydrogen) atoms. The molecular weight excluding hydrogens is 336 g/mol. The van der Waals surface area contributed by atoms with Crippen molar-refractivity contribution in [3.05, 3.63) is 34.7 Å². The monoisotopic (exact) mass is 358 g/mol. The molecule has 0 aliphatic carbocycles. The standard InChI is InChI=1S/C17H22N6OS/c1-11-18-13(3)23(20-11)10-15(24)21-6-4-14(5-7-21)16-17-22(8-9-25-17)12(2)19-16/h8-9,14H,4-7,10H2,1-3H3. The van der Waals surface area contributed by atoms with Crippen LogP contribution in [0.3, 0.4) is 0 Å². The van der Waals surface area contributed by atoms with Gasteiger partial charge in [-0.1, -0.05) is 0 Å². The van der Waals surface area contributed by atoms with Crippen molar-refractivity contribution in [3.63, 3.8) is 0 Å². The Morgan fingerprint density at radius 2 is 1.96 bits per heavy atom. The minimum Gasteiger partial charge on any atom is -0.341 e. The Kier molecular flexibility index (Phi) is 4.07. The van der Waals surface area contributed by atoms with Crippen LogP contribution >= 0.6 is 11.3 Å². The van der Waals surface area contributed by atoms with Gasteiger partial charge in [0.05, 0.1) is 5.69 Å². The zero-order valence-electron chi connectivity index (χ0n) is 14.8. The Morgan fingerprint density at radius 3 is 2.64 bits per heavy atom. The third kappa shape index (κ3) is 2.95. The first-order chi connectivity index (χ1) is 12.0. The van der Waals surface area contributed by atoms with Crippen LogP contribution in [0, 0.1) is 20.8 Å². The molecule has 0 radical (unpaired) electrons. The number of carbonyl (C=O) groups is 1. The maximum absolute atomic E-state index is 12.6. The summed E-state index contributed by atoms with van der Waals surface area (Å²) in [5.74, 6) is 3.09. The van der Waals surface area contributed by atoms with Crippen molar-refractivity contribution < 1.29 is 4.79 Å². The summed E-state index contributed by atoms with van der Waals surface area (Å²) in [7, 11) is 0. The van der Waals surface area contributed by atoms with Crippen LogP contribution in [-0.4, -0.2) is 48.0 Å². The van der Waals surface area contributed by atoms with E-state index in [4.69, 9.17) is 4.98 Å². The van der Waals surface area contributed by atoms with Gasteiger partial charge in [-0.15, -0.1) is 11.3 Å². The van der Waals surface area contributed by atoms with E-state index in [1.807, 2.05) is 25.7 Å². The first-order valence-electron chi connectivity index (χ1n) is 8.61. The van der Waals surface area contributed by atoms with Crippen molar-refractivity contribution in [3.8, 4) is 0 Å². The number of rotatable bonds is 3.